The molecule has 1 amide bonds. The van der Waals surface area contributed by atoms with Crippen LogP contribution in [-0.4, -0.2) is 44.4 Å². The van der Waals surface area contributed by atoms with Gasteiger partial charge in [-0.25, -0.2) is 4.79 Å². The van der Waals surface area contributed by atoms with Gasteiger partial charge in [0.2, 0.25) is 6.79 Å². The number of rotatable bonds is 7. The van der Waals surface area contributed by atoms with Crippen LogP contribution in [0.25, 0.3) is 6.08 Å². The van der Waals surface area contributed by atoms with Crippen molar-refractivity contribution in [1.82, 2.24) is 4.90 Å². The number of carbonyl (C=O) groups is 2. The Bertz CT molecular complexity index is 1510. The molecule has 0 radical (unpaired) electrons. The number of benzene rings is 3. The minimum Gasteiger partial charge on any atom is -0.493 e. The molecule has 0 bridgehead atoms. The Hall–Kier alpha value is -4.97. The molecule has 1 atom stereocenters. The van der Waals surface area contributed by atoms with Gasteiger partial charge in [0.15, 0.2) is 28.5 Å². The Labute approximate surface area is 225 Å². The van der Waals surface area contributed by atoms with Crippen molar-refractivity contribution in [2.24, 2.45) is 0 Å². The van der Waals surface area contributed by atoms with Crippen LogP contribution < -0.4 is 18.9 Å². The van der Waals surface area contributed by atoms with Gasteiger partial charge in [-0.3, -0.25) is 9.69 Å². The normalized spacial score (nSPS) is 16.7. The van der Waals surface area contributed by atoms with E-state index >= 15 is 0 Å². The zero-order valence-corrected chi connectivity index (χ0v) is 21.7. The number of nitrogens with zero attached hydrogens (tertiary/aromatic N) is 2. The van der Waals surface area contributed by atoms with Gasteiger partial charge in [-0.15, -0.1) is 0 Å². The number of amides is 1. The number of fused-ring (bicyclic) bond motifs is 2. The van der Waals surface area contributed by atoms with Crippen molar-refractivity contribution in [2.75, 3.05) is 27.6 Å². The Kier molecular flexibility index (Phi) is 6.86. The van der Waals surface area contributed by atoms with Gasteiger partial charge in [0, 0.05) is 23.7 Å². The first-order chi connectivity index (χ1) is 19.0. The average molecular weight is 527 g/mol. The fraction of sp³-hybridized carbons (Fsp3) is 0.233. The van der Waals surface area contributed by atoms with E-state index in [2.05, 4.69) is 6.07 Å². The number of hydrogen-bond donors (Lipinski definition) is 0. The number of ether oxygens (including phenoxy) is 5. The molecule has 198 valence electrons. The lowest BCUT2D eigenvalue weighted by molar-refractivity contribution is 0.0520. The Morgan fingerprint density at radius 1 is 1.05 bits per heavy atom. The van der Waals surface area contributed by atoms with Gasteiger partial charge in [-0.2, -0.15) is 5.26 Å². The summed E-state index contributed by atoms with van der Waals surface area (Å²) in [4.78, 5) is 28.5. The van der Waals surface area contributed by atoms with E-state index in [1.54, 1.807) is 67.7 Å². The van der Waals surface area contributed by atoms with Crippen molar-refractivity contribution in [1.29, 1.82) is 5.26 Å². The molecule has 9 heteroatoms. The van der Waals surface area contributed by atoms with E-state index in [0.717, 1.165) is 0 Å². The zero-order valence-electron chi connectivity index (χ0n) is 21.7. The molecule has 0 aliphatic carbocycles. The van der Waals surface area contributed by atoms with Gasteiger partial charge < -0.3 is 23.7 Å². The quantitative estimate of drug-likeness (QED) is 0.408. The van der Waals surface area contributed by atoms with Crippen LogP contribution in [0.3, 0.4) is 0 Å². The maximum Gasteiger partial charge on any atom is 0.342 e. The highest BCUT2D eigenvalue weighted by Crippen LogP contribution is 2.46. The highest BCUT2D eigenvalue weighted by molar-refractivity contribution is 5.98. The third kappa shape index (κ3) is 4.30. The first-order valence-corrected chi connectivity index (χ1v) is 12.3. The second-order valence-electron chi connectivity index (χ2n) is 8.85. The maximum absolute atomic E-state index is 13.9. The number of hydrogen-bond acceptors (Lipinski definition) is 8. The monoisotopic (exact) mass is 526 g/mol. The number of carbonyl (C=O) groups excluding carboxylic acids is 2. The van der Waals surface area contributed by atoms with Crippen LogP contribution in [0, 0.1) is 11.3 Å². The van der Waals surface area contributed by atoms with E-state index in [0.29, 0.717) is 39.5 Å². The van der Waals surface area contributed by atoms with Crippen molar-refractivity contribution in [3.8, 4) is 29.1 Å². The lowest BCUT2D eigenvalue weighted by Crippen LogP contribution is -2.49. The minimum absolute atomic E-state index is 0.0524. The molecule has 2 heterocycles. The molecule has 0 N–H and O–H groups in total. The van der Waals surface area contributed by atoms with Gasteiger partial charge in [0.05, 0.1) is 26.9 Å². The van der Waals surface area contributed by atoms with Crippen LogP contribution in [0.5, 0.6) is 23.0 Å². The minimum atomic E-state index is -1.57. The van der Waals surface area contributed by atoms with Crippen LogP contribution in [0.4, 0.5) is 0 Å². The van der Waals surface area contributed by atoms with E-state index in [1.807, 2.05) is 6.07 Å². The summed E-state index contributed by atoms with van der Waals surface area (Å²) >= 11 is 0. The lowest BCUT2D eigenvalue weighted by atomic mass is 9.77. The number of nitriles is 1. The molecule has 0 saturated carbocycles. The van der Waals surface area contributed by atoms with Gasteiger partial charge in [-0.05, 0) is 54.5 Å². The summed E-state index contributed by atoms with van der Waals surface area (Å²) in [7, 11) is 2.89. The van der Waals surface area contributed by atoms with Crippen LogP contribution >= 0.6 is 0 Å². The highest BCUT2D eigenvalue weighted by atomic mass is 16.7. The molecule has 5 rings (SSSR count). The molecule has 39 heavy (non-hydrogen) atoms. The highest BCUT2D eigenvalue weighted by Gasteiger charge is 2.46. The topological polar surface area (TPSA) is 107 Å². The smallest absolute Gasteiger partial charge is 0.342 e. The summed E-state index contributed by atoms with van der Waals surface area (Å²) in [5.74, 6) is 0.518. The number of methoxy groups -OCH3 is 2. The van der Waals surface area contributed by atoms with Gasteiger partial charge in [0.25, 0.3) is 5.91 Å². The van der Waals surface area contributed by atoms with E-state index in [9.17, 15) is 14.9 Å². The van der Waals surface area contributed by atoms with Crippen molar-refractivity contribution < 1.29 is 33.3 Å². The molecule has 2 aliphatic heterocycles. The van der Waals surface area contributed by atoms with Crippen LogP contribution in [0.1, 0.15) is 44.3 Å². The van der Waals surface area contributed by atoms with E-state index in [4.69, 9.17) is 23.7 Å². The lowest BCUT2D eigenvalue weighted by Gasteiger charge is -2.41. The summed E-state index contributed by atoms with van der Waals surface area (Å²) < 4.78 is 27.5. The molecule has 3 aromatic carbocycles. The fourth-order valence-electron chi connectivity index (χ4n) is 4.98. The average Bonchev–Trinajstić information content (AvgIpc) is 3.43. The molecule has 2 aliphatic rings. The van der Waals surface area contributed by atoms with Crippen molar-refractivity contribution >= 4 is 18.0 Å². The SMILES string of the molecule is CCOC(=O)c1c(CC2(C#N)c3cc4c(cc3C=CN2C(=O)c2ccccc2)OCO4)ccc(OC)c1OC. The van der Waals surface area contributed by atoms with Crippen molar-refractivity contribution in [3.05, 3.63) is 88.6 Å². The Balaban J connectivity index is 1.73. The molecule has 0 saturated heterocycles. The summed E-state index contributed by atoms with van der Waals surface area (Å²) in [5, 5.41) is 10.9. The predicted molar refractivity (Wildman–Crippen MR) is 141 cm³/mol. The predicted octanol–water partition coefficient (Wildman–Crippen LogP) is 4.70. The van der Waals surface area contributed by atoms with Gasteiger partial charge >= 0.3 is 5.97 Å². The van der Waals surface area contributed by atoms with Crippen molar-refractivity contribution in [2.45, 2.75) is 18.9 Å². The van der Waals surface area contributed by atoms with Crippen LogP contribution in [-0.2, 0) is 16.7 Å². The summed E-state index contributed by atoms with van der Waals surface area (Å²) in [6, 6.07) is 18.0. The van der Waals surface area contributed by atoms with E-state index in [-0.39, 0.29) is 37.0 Å². The molecular formula is C30H26N2O7. The first kappa shape index (κ1) is 25.7. The molecule has 0 fully saturated rings. The summed E-state index contributed by atoms with van der Waals surface area (Å²) in [6.45, 7) is 1.89. The summed E-state index contributed by atoms with van der Waals surface area (Å²) in [5.41, 5.74) is 0.624. The Morgan fingerprint density at radius 3 is 2.46 bits per heavy atom. The first-order valence-electron chi connectivity index (χ1n) is 12.3. The molecule has 3 aromatic rings. The second-order valence-corrected chi connectivity index (χ2v) is 8.85. The number of esters is 1. The third-order valence-corrected chi connectivity index (χ3v) is 6.79. The molecule has 9 nitrogen and oxygen atoms in total. The molecule has 0 aromatic heterocycles. The second kappa shape index (κ2) is 10.4. The zero-order chi connectivity index (χ0) is 27.6. The summed E-state index contributed by atoms with van der Waals surface area (Å²) in [6.07, 6.45) is 3.29. The Morgan fingerprint density at radius 2 is 1.79 bits per heavy atom. The molecule has 0 spiro atoms. The molecule has 1 unspecified atom stereocenters. The standard InChI is InChI=1S/C30H26N2O7/c1-4-37-29(34)26-21(10-11-23(35-2)27(26)36-3)16-30(17-31)22-15-25-24(38-18-39-25)14-20(22)12-13-32(30)28(33)19-8-6-5-7-9-19/h5-15H,4,16,18H2,1-3H3. The fourth-order valence-corrected chi connectivity index (χ4v) is 4.98. The van der Waals surface area contributed by atoms with E-state index in [1.165, 1.54) is 19.1 Å². The van der Waals surface area contributed by atoms with E-state index < -0.39 is 11.5 Å². The maximum atomic E-state index is 13.9. The van der Waals surface area contributed by atoms with Gasteiger partial charge in [0.1, 0.15) is 5.56 Å². The van der Waals surface area contributed by atoms with Crippen LogP contribution in [0.2, 0.25) is 0 Å². The van der Waals surface area contributed by atoms with Gasteiger partial charge in [-0.1, -0.05) is 24.3 Å². The largest absolute Gasteiger partial charge is 0.493 e. The van der Waals surface area contributed by atoms with Crippen molar-refractivity contribution in [3.63, 3.8) is 0 Å². The third-order valence-electron chi connectivity index (χ3n) is 6.79. The molecular weight excluding hydrogens is 500 g/mol. The van der Waals surface area contributed by atoms with Crippen LogP contribution in [0.15, 0.2) is 60.8 Å².